The topological polar surface area (TPSA) is 24.5 Å². The number of anilines is 1. The number of hydrogen-bond acceptors (Lipinski definition) is 3. The summed E-state index contributed by atoms with van der Waals surface area (Å²) in [6, 6.07) is 9.97. The van der Waals surface area contributed by atoms with Crippen molar-refractivity contribution in [3.05, 3.63) is 24.3 Å². The molecular weight excluding hydrogens is 224 g/mol. The highest BCUT2D eigenvalue weighted by Gasteiger charge is 2.34. The first kappa shape index (κ1) is 11.8. The number of ether oxygens (including phenoxy) is 1. The lowest BCUT2D eigenvalue weighted by atomic mass is 9.97. The van der Waals surface area contributed by atoms with Crippen molar-refractivity contribution in [2.75, 3.05) is 24.6 Å². The molecule has 2 aliphatic rings. The van der Waals surface area contributed by atoms with E-state index in [9.17, 15) is 0 Å². The Bertz CT molecular complexity index is 390. The SMILES string of the molecule is CCOc1ccc(N2CCCC3NCCC32)cc1. The van der Waals surface area contributed by atoms with Gasteiger partial charge in [-0.05, 0) is 57.0 Å². The lowest BCUT2D eigenvalue weighted by Gasteiger charge is -2.39. The highest BCUT2D eigenvalue weighted by atomic mass is 16.5. The van der Waals surface area contributed by atoms with E-state index >= 15 is 0 Å². The van der Waals surface area contributed by atoms with Crippen LogP contribution < -0.4 is 15.0 Å². The molecule has 2 atom stereocenters. The molecule has 0 bridgehead atoms. The molecule has 0 aromatic heterocycles. The number of nitrogens with one attached hydrogen (secondary N) is 1. The van der Waals surface area contributed by atoms with Gasteiger partial charge in [-0.2, -0.15) is 0 Å². The summed E-state index contributed by atoms with van der Waals surface area (Å²) in [7, 11) is 0. The van der Waals surface area contributed by atoms with E-state index in [4.69, 9.17) is 4.74 Å². The van der Waals surface area contributed by atoms with Crippen LogP contribution >= 0.6 is 0 Å². The number of hydrogen-bond donors (Lipinski definition) is 1. The van der Waals surface area contributed by atoms with Crippen LogP contribution in [0.1, 0.15) is 26.2 Å². The molecule has 2 unspecified atom stereocenters. The third-order valence-corrected chi connectivity index (χ3v) is 4.10. The minimum Gasteiger partial charge on any atom is -0.494 e. The summed E-state index contributed by atoms with van der Waals surface area (Å²) in [5.74, 6) is 0.972. The molecule has 98 valence electrons. The molecular formula is C15H22N2O. The number of piperidine rings is 1. The second kappa shape index (κ2) is 5.19. The van der Waals surface area contributed by atoms with Gasteiger partial charge in [-0.15, -0.1) is 0 Å². The second-order valence-electron chi connectivity index (χ2n) is 5.18. The summed E-state index contributed by atoms with van der Waals surface area (Å²) >= 11 is 0. The fourth-order valence-corrected chi connectivity index (χ4v) is 3.29. The zero-order chi connectivity index (χ0) is 12.4. The van der Waals surface area contributed by atoms with Gasteiger partial charge in [-0.3, -0.25) is 0 Å². The number of fused-ring (bicyclic) bond motifs is 1. The molecule has 0 saturated carbocycles. The third kappa shape index (κ3) is 2.19. The molecule has 3 heteroatoms. The molecule has 2 heterocycles. The van der Waals surface area contributed by atoms with Crippen LogP contribution in [0.15, 0.2) is 24.3 Å². The highest BCUT2D eigenvalue weighted by molar-refractivity contribution is 5.51. The van der Waals surface area contributed by atoms with E-state index in [-0.39, 0.29) is 0 Å². The van der Waals surface area contributed by atoms with Crippen molar-refractivity contribution in [2.45, 2.75) is 38.3 Å². The van der Waals surface area contributed by atoms with Gasteiger partial charge >= 0.3 is 0 Å². The Kier molecular flexibility index (Phi) is 3.41. The van der Waals surface area contributed by atoms with Gasteiger partial charge < -0.3 is 15.0 Å². The van der Waals surface area contributed by atoms with E-state index in [1.54, 1.807) is 0 Å². The molecule has 18 heavy (non-hydrogen) atoms. The zero-order valence-electron chi connectivity index (χ0n) is 11.1. The van der Waals surface area contributed by atoms with E-state index < -0.39 is 0 Å². The van der Waals surface area contributed by atoms with Crippen molar-refractivity contribution < 1.29 is 4.74 Å². The lowest BCUT2D eigenvalue weighted by Crippen LogP contribution is -2.48. The predicted molar refractivity (Wildman–Crippen MR) is 74.4 cm³/mol. The number of nitrogens with zero attached hydrogens (tertiary/aromatic N) is 1. The van der Waals surface area contributed by atoms with Crippen LogP contribution in [0, 0.1) is 0 Å². The minimum atomic E-state index is 0.691. The van der Waals surface area contributed by atoms with Crippen LogP contribution in [-0.4, -0.2) is 31.8 Å². The normalized spacial score (nSPS) is 27.1. The van der Waals surface area contributed by atoms with Crippen molar-refractivity contribution in [2.24, 2.45) is 0 Å². The largest absolute Gasteiger partial charge is 0.494 e. The molecule has 3 nitrogen and oxygen atoms in total. The summed E-state index contributed by atoms with van der Waals surface area (Å²) in [5, 5.41) is 3.62. The molecule has 0 radical (unpaired) electrons. The molecule has 3 rings (SSSR count). The summed E-state index contributed by atoms with van der Waals surface area (Å²) in [4.78, 5) is 2.57. The number of rotatable bonds is 3. The van der Waals surface area contributed by atoms with Gasteiger partial charge in [0.05, 0.1) is 6.61 Å². The standard InChI is InChI=1S/C15H22N2O/c1-2-18-13-7-5-12(6-8-13)17-11-3-4-14-15(17)9-10-16-14/h5-8,14-16H,2-4,9-11H2,1H3. The summed E-state index contributed by atoms with van der Waals surface area (Å²) in [6.07, 6.45) is 3.90. The van der Waals surface area contributed by atoms with Gasteiger partial charge in [0.2, 0.25) is 0 Å². The van der Waals surface area contributed by atoms with Crippen LogP contribution in [-0.2, 0) is 0 Å². The van der Waals surface area contributed by atoms with Gasteiger partial charge in [0.25, 0.3) is 0 Å². The molecule has 2 fully saturated rings. The fourth-order valence-electron chi connectivity index (χ4n) is 3.29. The van der Waals surface area contributed by atoms with Crippen LogP contribution in [0.3, 0.4) is 0 Å². The van der Waals surface area contributed by atoms with Crippen molar-refractivity contribution in [1.82, 2.24) is 5.32 Å². The van der Waals surface area contributed by atoms with Gasteiger partial charge in [-0.25, -0.2) is 0 Å². The second-order valence-corrected chi connectivity index (χ2v) is 5.18. The Morgan fingerprint density at radius 3 is 2.89 bits per heavy atom. The molecule has 1 N–H and O–H groups in total. The predicted octanol–water partition coefficient (Wildman–Crippen LogP) is 2.42. The van der Waals surface area contributed by atoms with Crippen molar-refractivity contribution in [3.63, 3.8) is 0 Å². The zero-order valence-corrected chi connectivity index (χ0v) is 11.1. The van der Waals surface area contributed by atoms with Crippen LogP contribution in [0.5, 0.6) is 5.75 Å². The molecule has 0 spiro atoms. The van der Waals surface area contributed by atoms with E-state index in [1.807, 2.05) is 6.92 Å². The summed E-state index contributed by atoms with van der Waals surface area (Å²) in [5.41, 5.74) is 1.34. The molecule has 1 aromatic rings. The van der Waals surface area contributed by atoms with Gasteiger partial charge in [0.15, 0.2) is 0 Å². The maximum atomic E-state index is 5.50. The van der Waals surface area contributed by atoms with Crippen LogP contribution in [0.25, 0.3) is 0 Å². The van der Waals surface area contributed by atoms with E-state index in [1.165, 1.54) is 38.0 Å². The lowest BCUT2D eigenvalue weighted by molar-refractivity contribution is 0.340. The smallest absolute Gasteiger partial charge is 0.119 e. The monoisotopic (exact) mass is 246 g/mol. The summed E-state index contributed by atoms with van der Waals surface area (Å²) in [6.45, 7) is 5.12. The highest BCUT2D eigenvalue weighted by Crippen LogP contribution is 2.30. The quantitative estimate of drug-likeness (QED) is 0.886. The summed E-state index contributed by atoms with van der Waals surface area (Å²) < 4.78 is 5.50. The van der Waals surface area contributed by atoms with Crippen molar-refractivity contribution in [1.29, 1.82) is 0 Å². The van der Waals surface area contributed by atoms with E-state index in [0.717, 1.165) is 12.4 Å². The van der Waals surface area contributed by atoms with E-state index in [2.05, 4.69) is 34.5 Å². The molecule has 0 aliphatic carbocycles. The van der Waals surface area contributed by atoms with Crippen LogP contribution in [0.2, 0.25) is 0 Å². The van der Waals surface area contributed by atoms with Gasteiger partial charge in [-0.1, -0.05) is 0 Å². The fraction of sp³-hybridized carbons (Fsp3) is 0.600. The average molecular weight is 246 g/mol. The Balaban J connectivity index is 1.76. The Hall–Kier alpha value is -1.22. The molecule has 2 aliphatic heterocycles. The molecule has 2 saturated heterocycles. The first-order valence-corrected chi connectivity index (χ1v) is 7.11. The van der Waals surface area contributed by atoms with Crippen molar-refractivity contribution >= 4 is 5.69 Å². The average Bonchev–Trinajstić information content (AvgIpc) is 2.88. The Labute approximate surface area is 109 Å². The molecule has 1 aromatic carbocycles. The van der Waals surface area contributed by atoms with Crippen molar-refractivity contribution in [3.8, 4) is 5.75 Å². The minimum absolute atomic E-state index is 0.691. The maximum absolute atomic E-state index is 5.50. The Morgan fingerprint density at radius 2 is 2.11 bits per heavy atom. The van der Waals surface area contributed by atoms with Gasteiger partial charge in [0, 0.05) is 24.3 Å². The Morgan fingerprint density at radius 1 is 1.28 bits per heavy atom. The van der Waals surface area contributed by atoms with E-state index in [0.29, 0.717) is 12.1 Å². The van der Waals surface area contributed by atoms with Crippen LogP contribution in [0.4, 0.5) is 5.69 Å². The first-order valence-electron chi connectivity index (χ1n) is 7.11. The third-order valence-electron chi connectivity index (χ3n) is 4.10. The van der Waals surface area contributed by atoms with Gasteiger partial charge in [0.1, 0.15) is 5.75 Å². The number of benzene rings is 1. The first-order chi connectivity index (χ1) is 8.88. The maximum Gasteiger partial charge on any atom is 0.119 e. The molecule has 0 amide bonds.